The van der Waals surface area contributed by atoms with Crippen LogP contribution in [-0.4, -0.2) is 62.8 Å². The van der Waals surface area contributed by atoms with Crippen LogP contribution in [0.4, 0.5) is 0 Å². The van der Waals surface area contributed by atoms with Gasteiger partial charge < -0.3 is 14.5 Å². The van der Waals surface area contributed by atoms with Gasteiger partial charge in [-0.1, -0.05) is 6.92 Å². The molecule has 1 aliphatic heterocycles. The lowest BCUT2D eigenvalue weighted by molar-refractivity contribution is 0.172. The van der Waals surface area contributed by atoms with Crippen LogP contribution in [-0.2, 0) is 4.74 Å². The molecule has 1 saturated heterocycles. The molecular weight excluding hydrogens is 176 g/mol. The highest BCUT2D eigenvalue weighted by molar-refractivity contribution is 4.68. The molecule has 0 spiro atoms. The molecule has 1 heterocycles. The molecule has 14 heavy (non-hydrogen) atoms. The number of nitrogens with zero attached hydrogens (tertiary/aromatic N) is 2. The Bertz CT molecular complexity index is 141. The lowest BCUT2D eigenvalue weighted by Crippen LogP contribution is -2.31. The minimum atomic E-state index is 0.897. The maximum Gasteiger partial charge on any atom is 0.0474 e. The average molecular weight is 200 g/mol. The molecule has 0 N–H and O–H groups in total. The minimum absolute atomic E-state index is 0.897. The number of hydrogen-bond donors (Lipinski definition) is 0. The first-order chi connectivity index (χ1) is 6.86. The molecule has 1 rings (SSSR count). The zero-order chi connectivity index (χ0) is 10.2. The van der Waals surface area contributed by atoms with E-state index in [9.17, 15) is 0 Å². The number of rotatable bonds is 5. The van der Waals surface area contributed by atoms with Gasteiger partial charge in [-0.15, -0.1) is 0 Å². The Labute approximate surface area is 88.0 Å². The summed E-state index contributed by atoms with van der Waals surface area (Å²) in [6.07, 6.45) is 2.49. The van der Waals surface area contributed by atoms with Crippen molar-refractivity contribution in [1.82, 2.24) is 9.80 Å². The van der Waals surface area contributed by atoms with Crippen molar-refractivity contribution in [2.75, 3.05) is 53.0 Å². The number of ether oxygens (including phenoxy) is 1. The quantitative estimate of drug-likeness (QED) is 0.617. The van der Waals surface area contributed by atoms with Gasteiger partial charge in [-0.3, -0.25) is 0 Å². The van der Waals surface area contributed by atoms with Gasteiger partial charge in [-0.05, 0) is 32.5 Å². The summed E-state index contributed by atoms with van der Waals surface area (Å²) in [5.74, 6) is 0. The van der Waals surface area contributed by atoms with Crippen molar-refractivity contribution in [3.8, 4) is 0 Å². The normalized spacial score (nSPS) is 21.0. The highest BCUT2D eigenvalue weighted by atomic mass is 16.5. The highest BCUT2D eigenvalue weighted by Crippen LogP contribution is 2.03. The van der Waals surface area contributed by atoms with Crippen molar-refractivity contribution in [2.45, 2.75) is 19.8 Å². The van der Waals surface area contributed by atoms with Crippen LogP contribution in [0, 0.1) is 0 Å². The van der Waals surface area contributed by atoms with E-state index in [2.05, 4.69) is 16.7 Å². The maximum absolute atomic E-state index is 5.07. The van der Waals surface area contributed by atoms with E-state index >= 15 is 0 Å². The van der Waals surface area contributed by atoms with Crippen LogP contribution in [0.3, 0.4) is 0 Å². The van der Waals surface area contributed by atoms with Crippen LogP contribution >= 0.6 is 0 Å². The fourth-order valence-corrected chi connectivity index (χ4v) is 2.00. The fraction of sp³-hybridized carbons (Fsp3) is 1.00. The van der Waals surface area contributed by atoms with Gasteiger partial charge in [0.15, 0.2) is 0 Å². The van der Waals surface area contributed by atoms with Crippen molar-refractivity contribution in [3.63, 3.8) is 0 Å². The van der Waals surface area contributed by atoms with E-state index in [4.69, 9.17) is 4.74 Å². The largest absolute Gasteiger partial charge is 0.385 e. The molecule has 0 atom stereocenters. The second-order valence-corrected chi connectivity index (χ2v) is 3.98. The summed E-state index contributed by atoms with van der Waals surface area (Å²) in [4.78, 5) is 5.10. The number of methoxy groups -OCH3 is 1. The molecule has 0 amide bonds. The summed E-state index contributed by atoms with van der Waals surface area (Å²) in [5.41, 5.74) is 0. The summed E-state index contributed by atoms with van der Waals surface area (Å²) in [5, 5.41) is 0. The van der Waals surface area contributed by atoms with E-state index in [0.29, 0.717) is 0 Å². The standard InChI is InChI=1S/C11H24N2O/c1-3-12-6-4-7-13(10-9-12)8-5-11-14-2/h3-11H2,1-2H3. The van der Waals surface area contributed by atoms with Gasteiger partial charge in [0, 0.05) is 33.4 Å². The first-order valence-electron chi connectivity index (χ1n) is 5.80. The van der Waals surface area contributed by atoms with E-state index in [1.165, 1.54) is 52.1 Å². The fourth-order valence-electron chi connectivity index (χ4n) is 2.00. The van der Waals surface area contributed by atoms with Crippen molar-refractivity contribution < 1.29 is 4.74 Å². The predicted octanol–water partition coefficient (Wildman–Crippen LogP) is 1.05. The molecule has 0 unspecified atom stereocenters. The Morgan fingerprint density at radius 2 is 1.79 bits per heavy atom. The molecule has 0 aliphatic carbocycles. The van der Waals surface area contributed by atoms with Gasteiger partial charge in [0.1, 0.15) is 0 Å². The van der Waals surface area contributed by atoms with E-state index < -0.39 is 0 Å². The SMILES string of the molecule is CCN1CCCN(CCCOC)CC1. The monoisotopic (exact) mass is 200 g/mol. The summed E-state index contributed by atoms with van der Waals surface area (Å²) < 4.78 is 5.07. The molecule has 0 aromatic heterocycles. The zero-order valence-electron chi connectivity index (χ0n) is 9.67. The maximum atomic E-state index is 5.07. The Morgan fingerprint density at radius 3 is 2.50 bits per heavy atom. The molecule has 0 aromatic carbocycles. The molecule has 0 aromatic rings. The third kappa shape index (κ3) is 4.40. The predicted molar refractivity (Wildman–Crippen MR) is 59.7 cm³/mol. The number of likely N-dealkylation sites (N-methyl/N-ethyl adjacent to an activating group) is 1. The molecular formula is C11H24N2O. The lowest BCUT2D eigenvalue weighted by Gasteiger charge is -2.20. The third-order valence-electron chi connectivity index (χ3n) is 2.95. The topological polar surface area (TPSA) is 15.7 Å². The number of hydrogen-bond acceptors (Lipinski definition) is 3. The summed E-state index contributed by atoms with van der Waals surface area (Å²) >= 11 is 0. The lowest BCUT2D eigenvalue weighted by atomic mass is 10.3. The minimum Gasteiger partial charge on any atom is -0.385 e. The smallest absolute Gasteiger partial charge is 0.0474 e. The Hall–Kier alpha value is -0.120. The first kappa shape index (κ1) is 12.0. The van der Waals surface area contributed by atoms with Gasteiger partial charge >= 0.3 is 0 Å². The Balaban J connectivity index is 2.14. The van der Waals surface area contributed by atoms with Crippen LogP contribution < -0.4 is 0 Å². The van der Waals surface area contributed by atoms with Gasteiger partial charge in [0.05, 0.1) is 0 Å². The first-order valence-corrected chi connectivity index (χ1v) is 5.80. The van der Waals surface area contributed by atoms with E-state index in [1.807, 2.05) is 0 Å². The van der Waals surface area contributed by atoms with Crippen LogP contribution in [0.2, 0.25) is 0 Å². The van der Waals surface area contributed by atoms with E-state index in [0.717, 1.165) is 6.61 Å². The van der Waals surface area contributed by atoms with Gasteiger partial charge in [-0.25, -0.2) is 0 Å². The van der Waals surface area contributed by atoms with E-state index in [1.54, 1.807) is 7.11 Å². The van der Waals surface area contributed by atoms with Crippen LogP contribution in [0.25, 0.3) is 0 Å². The highest BCUT2D eigenvalue weighted by Gasteiger charge is 2.12. The van der Waals surface area contributed by atoms with Crippen LogP contribution in [0.15, 0.2) is 0 Å². The van der Waals surface area contributed by atoms with Crippen LogP contribution in [0.1, 0.15) is 19.8 Å². The second-order valence-electron chi connectivity index (χ2n) is 3.98. The molecule has 0 radical (unpaired) electrons. The summed E-state index contributed by atoms with van der Waals surface area (Å²) in [7, 11) is 1.78. The molecule has 1 aliphatic rings. The van der Waals surface area contributed by atoms with Crippen LogP contribution in [0.5, 0.6) is 0 Å². The zero-order valence-corrected chi connectivity index (χ0v) is 9.67. The summed E-state index contributed by atoms with van der Waals surface area (Å²) in [6, 6.07) is 0. The molecule has 3 heteroatoms. The average Bonchev–Trinajstić information content (AvgIpc) is 2.43. The second kappa shape index (κ2) is 7.21. The third-order valence-corrected chi connectivity index (χ3v) is 2.95. The molecule has 0 bridgehead atoms. The van der Waals surface area contributed by atoms with Crippen molar-refractivity contribution in [2.24, 2.45) is 0 Å². The van der Waals surface area contributed by atoms with Crippen molar-refractivity contribution in [3.05, 3.63) is 0 Å². The van der Waals surface area contributed by atoms with Gasteiger partial charge in [-0.2, -0.15) is 0 Å². The molecule has 1 fully saturated rings. The molecule has 3 nitrogen and oxygen atoms in total. The van der Waals surface area contributed by atoms with E-state index in [-0.39, 0.29) is 0 Å². The molecule has 0 saturated carbocycles. The van der Waals surface area contributed by atoms with Gasteiger partial charge in [0.2, 0.25) is 0 Å². The summed E-state index contributed by atoms with van der Waals surface area (Å²) in [6.45, 7) is 10.6. The molecule has 84 valence electrons. The van der Waals surface area contributed by atoms with Crippen molar-refractivity contribution in [1.29, 1.82) is 0 Å². The van der Waals surface area contributed by atoms with Gasteiger partial charge in [0.25, 0.3) is 0 Å². The Kier molecular flexibility index (Phi) is 6.15. The van der Waals surface area contributed by atoms with Crippen molar-refractivity contribution >= 4 is 0 Å². The Morgan fingerprint density at radius 1 is 1.07 bits per heavy atom.